The summed E-state index contributed by atoms with van der Waals surface area (Å²) in [5.41, 5.74) is 4.40. The van der Waals surface area contributed by atoms with Crippen molar-refractivity contribution in [3.63, 3.8) is 0 Å². The zero-order chi connectivity index (χ0) is 30.9. The standard InChI is InChI=1S/C38H54O4/c1-11-12-14-19-29(25-17-15-13-16-18-25)37(5,6)27-21-32(40-9)34(33(22-27)41-10)28-20-26(24-42-35(39)36(2,3)4)30-23-31(28)38(30,7)8/h13,15-18,20-22,28-31H,11-12,14,19,23-24H2,1-10H3/t28-,29-,30+,31-/m0/s1. The average molecular weight is 575 g/mol. The van der Waals surface area contributed by atoms with Crippen molar-refractivity contribution in [2.45, 2.75) is 105 Å². The Balaban J connectivity index is 1.75. The Morgan fingerprint density at radius 3 is 2.12 bits per heavy atom. The zero-order valence-corrected chi connectivity index (χ0v) is 27.8. The third-order valence-corrected chi connectivity index (χ3v) is 10.4. The van der Waals surface area contributed by atoms with Crippen molar-refractivity contribution in [3.05, 3.63) is 70.8 Å². The number of hydrogen-bond acceptors (Lipinski definition) is 4. The predicted octanol–water partition coefficient (Wildman–Crippen LogP) is 9.62. The van der Waals surface area contributed by atoms with E-state index >= 15 is 0 Å². The Bertz CT molecular complexity index is 1240. The van der Waals surface area contributed by atoms with Gasteiger partial charge >= 0.3 is 5.97 Å². The van der Waals surface area contributed by atoms with Crippen molar-refractivity contribution in [2.75, 3.05) is 20.8 Å². The number of hydrogen-bond donors (Lipinski definition) is 0. The quantitative estimate of drug-likeness (QED) is 0.144. The third-order valence-electron chi connectivity index (χ3n) is 10.4. The van der Waals surface area contributed by atoms with E-state index in [1.807, 2.05) is 20.8 Å². The van der Waals surface area contributed by atoms with E-state index in [2.05, 4.69) is 83.2 Å². The molecule has 2 bridgehead atoms. The fourth-order valence-electron chi connectivity index (χ4n) is 7.53. The summed E-state index contributed by atoms with van der Waals surface area (Å²) in [4.78, 5) is 12.6. The van der Waals surface area contributed by atoms with E-state index in [1.54, 1.807) is 14.2 Å². The van der Waals surface area contributed by atoms with Crippen LogP contribution in [0.2, 0.25) is 0 Å². The van der Waals surface area contributed by atoms with Crippen LogP contribution in [-0.4, -0.2) is 26.8 Å². The molecule has 2 aromatic carbocycles. The smallest absolute Gasteiger partial charge is 0.311 e. The number of esters is 1. The molecule has 0 aromatic heterocycles. The summed E-state index contributed by atoms with van der Waals surface area (Å²) in [5, 5.41) is 0. The van der Waals surface area contributed by atoms with Gasteiger partial charge in [-0.2, -0.15) is 0 Å². The SMILES string of the molecule is CCCCC[C@@H](c1ccccc1)C(C)(C)c1cc(OC)c([C@H]2C=C(COC(=O)C(C)(C)C)[C@H]3C[C@@H]2C3(C)C)c(OC)c1. The first kappa shape index (κ1) is 32.2. The molecule has 0 saturated heterocycles. The maximum atomic E-state index is 12.6. The van der Waals surface area contributed by atoms with Gasteiger partial charge in [0.15, 0.2) is 0 Å². The van der Waals surface area contributed by atoms with Gasteiger partial charge < -0.3 is 14.2 Å². The molecule has 0 aliphatic heterocycles. The molecule has 230 valence electrons. The van der Waals surface area contributed by atoms with Gasteiger partial charge in [-0.1, -0.05) is 90.3 Å². The molecule has 4 atom stereocenters. The van der Waals surface area contributed by atoms with E-state index in [4.69, 9.17) is 14.2 Å². The fourth-order valence-corrected chi connectivity index (χ4v) is 7.53. The Morgan fingerprint density at radius 1 is 0.976 bits per heavy atom. The van der Waals surface area contributed by atoms with Crippen LogP contribution in [-0.2, 0) is 14.9 Å². The first-order chi connectivity index (χ1) is 19.8. The number of allylic oxidation sites excluding steroid dienone is 1. The number of ether oxygens (including phenoxy) is 3. The van der Waals surface area contributed by atoms with E-state index in [1.165, 1.54) is 36.0 Å². The molecule has 2 aromatic rings. The molecule has 0 heterocycles. The molecule has 0 N–H and O–H groups in total. The monoisotopic (exact) mass is 574 g/mol. The van der Waals surface area contributed by atoms with Crippen LogP contribution < -0.4 is 9.47 Å². The van der Waals surface area contributed by atoms with E-state index in [0.29, 0.717) is 24.4 Å². The number of carbonyl (C=O) groups excluding carboxylic acids is 1. The summed E-state index contributed by atoms with van der Waals surface area (Å²) in [6, 6.07) is 15.5. The van der Waals surface area contributed by atoms with Crippen LogP contribution in [0, 0.1) is 22.7 Å². The van der Waals surface area contributed by atoms with E-state index in [-0.39, 0.29) is 22.7 Å². The highest BCUT2D eigenvalue weighted by Crippen LogP contribution is 2.65. The van der Waals surface area contributed by atoms with Crippen LogP contribution in [0.5, 0.6) is 11.5 Å². The van der Waals surface area contributed by atoms with Gasteiger partial charge in [0.05, 0.1) is 19.6 Å². The van der Waals surface area contributed by atoms with Gasteiger partial charge in [0, 0.05) is 11.5 Å². The second-order valence-corrected chi connectivity index (χ2v) is 14.8. The zero-order valence-electron chi connectivity index (χ0n) is 27.8. The number of carbonyl (C=O) groups is 1. The highest BCUT2D eigenvalue weighted by atomic mass is 16.5. The topological polar surface area (TPSA) is 44.8 Å². The molecule has 0 amide bonds. The minimum Gasteiger partial charge on any atom is -0.496 e. The normalized spacial score (nSPS) is 22.0. The van der Waals surface area contributed by atoms with Crippen molar-refractivity contribution >= 4 is 5.97 Å². The summed E-state index contributed by atoms with van der Waals surface area (Å²) in [7, 11) is 3.55. The summed E-state index contributed by atoms with van der Waals surface area (Å²) in [6.07, 6.45) is 8.23. The second kappa shape index (κ2) is 12.5. The lowest BCUT2D eigenvalue weighted by molar-refractivity contribution is -0.152. The van der Waals surface area contributed by atoms with Gasteiger partial charge in [-0.05, 0) is 91.0 Å². The van der Waals surface area contributed by atoms with Crippen LogP contribution in [0.1, 0.15) is 116 Å². The van der Waals surface area contributed by atoms with Gasteiger partial charge in [-0.3, -0.25) is 4.79 Å². The highest BCUT2D eigenvalue weighted by Gasteiger charge is 2.56. The van der Waals surface area contributed by atoms with Crippen molar-refractivity contribution in [2.24, 2.45) is 22.7 Å². The Morgan fingerprint density at radius 2 is 1.60 bits per heavy atom. The maximum Gasteiger partial charge on any atom is 0.311 e. The molecular formula is C38H54O4. The van der Waals surface area contributed by atoms with Crippen molar-refractivity contribution in [1.29, 1.82) is 0 Å². The molecule has 0 spiro atoms. The lowest BCUT2D eigenvalue weighted by atomic mass is 9.45. The summed E-state index contributed by atoms with van der Waals surface area (Å²) < 4.78 is 18.2. The van der Waals surface area contributed by atoms with E-state index in [0.717, 1.165) is 29.9 Å². The van der Waals surface area contributed by atoms with Gasteiger partial charge in [0.25, 0.3) is 0 Å². The molecule has 5 rings (SSSR count). The Kier molecular flexibility index (Phi) is 9.55. The average Bonchev–Trinajstić information content (AvgIpc) is 2.96. The number of rotatable bonds is 12. The lowest BCUT2D eigenvalue weighted by Crippen LogP contribution is -2.52. The molecular weight excluding hydrogens is 520 g/mol. The Hall–Kier alpha value is -2.75. The van der Waals surface area contributed by atoms with Crippen LogP contribution in [0.3, 0.4) is 0 Å². The predicted molar refractivity (Wildman–Crippen MR) is 173 cm³/mol. The van der Waals surface area contributed by atoms with Crippen molar-refractivity contribution in [1.82, 2.24) is 0 Å². The van der Waals surface area contributed by atoms with Crippen molar-refractivity contribution < 1.29 is 19.0 Å². The largest absolute Gasteiger partial charge is 0.496 e. The number of benzene rings is 2. The fraction of sp³-hybridized carbons (Fsp3) is 0.605. The van der Waals surface area contributed by atoms with Crippen molar-refractivity contribution in [3.8, 4) is 11.5 Å². The number of fused-ring (bicyclic) bond motifs is 1. The third kappa shape index (κ3) is 6.15. The van der Waals surface area contributed by atoms with Gasteiger partial charge in [-0.25, -0.2) is 0 Å². The minimum atomic E-state index is -0.518. The van der Waals surface area contributed by atoms with Crippen LogP contribution >= 0.6 is 0 Å². The van der Waals surface area contributed by atoms with Crippen LogP contribution in [0.4, 0.5) is 0 Å². The molecule has 0 radical (unpaired) electrons. The molecule has 3 aliphatic carbocycles. The first-order valence-electron chi connectivity index (χ1n) is 16.0. The first-order valence-corrected chi connectivity index (χ1v) is 16.0. The molecule has 4 heteroatoms. The molecule has 1 fully saturated rings. The van der Waals surface area contributed by atoms with E-state index < -0.39 is 5.41 Å². The summed E-state index contributed by atoms with van der Waals surface area (Å²) in [6.45, 7) is 17.8. The number of methoxy groups -OCH3 is 2. The molecule has 42 heavy (non-hydrogen) atoms. The molecule has 4 nitrogen and oxygen atoms in total. The molecule has 1 saturated carbocycles. The van der Waals surface area contributed by atoms with Crippen LogP contribution in [0.15, 0.2) is 54.1 Å². The van der Waals surface area contributed by atoms with E-state index in [9.17, 15) is 4.79 Å². The minimum absolute atomic E-state index is 0.106. The van der Waals surface area contributed by atoms with Gasteiger partial charge in [-0.15, -0.1) is 0 Å². The second-order valence-electron chi connectivity index (χ2n) is 14.8. The van der Waals surface area contributed by atoms with Gasteiger partial charge in [0.1, 0.15) is 18.1 Å². The molecule has 0 unspecified atom stereocenters. The Labute approximate surface area is 255 Å². The number of unbranched alkanes of at least 4 members (excludes halogenated alkanes) is 2. The summed E-state index contributed by atoms with van der Waals surface area (Å²) >= 11 is 0. The maximum absolute atomic E-state index is 12.6. The highest BCUT2D eigenvalue weighted by molar-refractivity contribution is 5.75. The lowest BCUT2D eigenvalue weighted by Gasteiger charge is -2.59. The molecule has 3 aliphatic rings. The summed E-state index contributed by atoms with van der Waals surface area (Å²) in [5.74, 6) is 3.00. The van der Waals surface area contributed by atoms with Gasteiger partial charge in [0.2, 0.25) is 0 Å². The van der Waals surface area contributed by atoms with Crippen LogP contribution in [0.25, 0.3) is 0 Å².